The first-order chi connectivity index (χ1) is 13.1. The van der Waals surface area contributed by atoms with Gasteiger partial charge in [0, 0.05) is 38.3 Å². The van der Waals surface area contributed by atoms with Crippen LogP contribution in [0.4, 0.5) is 0 Å². The molecule has 6 heteroatoms. The Balaban J connectivity index is 2.14. The van der Waals surface area contributed by atoms with Crippen molar-refractivity contribution in [2.75, 3.05) is 27.7 Å². The molecule has 1 amide bonds. The van der Waals surface area contributed by atoms with E-state index < -0.39 is 0 Å². The molecule has 0 heterocycles. The number of amides is 1. The van der Waals surface area contributed by atoms with Crippen LogP contribution in [0, 0.1) is 0 Å². The molecule has 2 N–H and O–H groups in total. The summed E-state index contributed by atoms with van der Waals surface area (Å²) in [5, 5.41) is 5.96. The first-order valence-corrected chi connectivity index (χ1v) is 9.01. The number of nitrogens with one attached hydrogen (secondary N) is 2. The van der Waals surface area contributed by atoms with Crippen molar-refractivity contribution in [2.24, 2.45) is 4.99 Å². The molecule has 0 radical (unpaired) electrons. The van der Waals surface area contributed by atoms with Crippen molar-refractivity contribution in [2.45, 2.75) is 20.0 Å². The summed E-state index contributed by atoms with van der Waals surface area (Å²) in [5.41, 5.74) is 2.71. The third-order valence-corrected chi connectivity index (χ3v) is 4.12. The fourth-order valence-electron chi connectivity index (χ4n) is 2.76. The second kappa shape index (κ2) is 10.2. The van der Waals surface area contributed by atoms with Gasteiger partial charge < -0.3 is 20.3 Å². The van der Waals surface area contributed by atoms with E-state index >= 15 is 0 Å². The van der Waals surface area contributed by atoms with Crippen LogP contribution in [-0.4, -0.2) is 44.5 Å². The lowest BCUT2D eigenvalue weighted by molar-refractivity contribution is 0.0963. The molecular weight excluding hydrogens is 340 g/mol. The van der Waals surface area contributed by atoms with Crippen molar-refractivity contribution in [3.63, 3.8) is 0 Å². The number of hydrogen-bond donors (Lipinski definition) is 2. The van der Waals surface area contributed by atoms with E-state index in [2.05, 4.69) is 15.5 Å². The Labute approximate surface area is 161 Å². The molecule has 0 aliphatic heterocycles. The van der Waals surface area contributed by atoms with Crippen LogP contribution in [0.2, 0.25) is 0 Å². The molecule has 0 aliphatic rings. The highest BCUT2D eigenvalue weighted by Crippen LogP contribution is 2.18. The standard InChI is InChI=1S/C21H28N4O2/c1-5-23-21(25(3)15-18-10-6-7-12-19(18)27-4)24-14-16-9-8-11-17(13-16)20(26)22-2/h6-13H,5,14-15H2,1-4H3,(H,22,26)(H,23,24). The number of benzene rings is 2. The summed E-state index contributed by atoms with van der Waals surface area (Å²) >= 11 is 0. The van der Waals surface area contributed by atoms with Gasteiger partial charge in [0.1, 0.15) is 5.75 Å². The van der Waals surface area contributed by atoms with E-state index in [1.807, 2.05) is 56.4 Å². The zero-order chi connectivity index (χ0) is 19.6. The summed E-state index contributed by atoms with van der Waals surface area (Å²) in [4.78, 5) is 18.6. The molecule has 0 saturated heterocycles. The van der Waals surface area contributed by atoms with Crippen LogP contribution in [0.3, 0.4) is 0 Å². The second-order valence-corrected chi connectivity index (χ2v) is 6.12. The molecule has 0 aliphatic carbocycles. The lowest BCUT2D eigenvalue weighted by atomic mass is 10.1. The number of ether oxygens (including phenoxy) is 1. The van der Waals surface area contributed by atoms with Gasteiger partial charge in [-0.25, -0.2) is 4.99 Å². The molecule has 2 rings (SSSR count). The molecule has 0 unspecified atom stereocenters. The molecular formula is C21H28N4O2. The van der Waals surface area contributed by atoms with Crippen LogP contribution in [0.25, 0.3) is 0 Å². The van der Waals surface area contributed by atoms with Crippen LogP contribution >= 0.6 is 0 Å². The lowest BCUT2D eigenvalue weighted by Gasteiger charge is -2.23. The third-order valence-electron chi connectivity index (χ3n) is 4.12. The fraction of sp³-hybridized carbons (Fsp3) is 0.333. The van der Waals surface area contributed by atoms with Crippen LogP contribution in [-0.2, 0) is 13.1 Å². The van der Waals surface area contributed by atoms with E-state index in [1.54, 1.807) is 20.2 Å². The van der Waals surface area contributed by atoms with Crippen molar-refractivity contribution in [1.29, 1.82) is 0 Å². The number of guanidine groups is 1. The summed E-state index contributed by atoms with van der Waals surface area (Å²) in [6, 6.07) is 15.5. The van der Waals surface area contributed by atoms with E-state index in [1.165, 1.54) is 0 Å². The normalized spacial score (nSPS) is 11.0. The smallest absolute Gasteiger partial charge is 0.251 e. The lowest BCUT2D eigenvalue weighted by Crippen LogP contribution is -2.38. The minimum absolute atomic E-state index is 0.0963. The predicted octanol–water partition coefficient (Wildman–Crippen LogP) is 2.65. The summed E-state index contributed by atoms with van der Waals surface area (Å²) in [5.74, 6) is 1.56. The highest BCUT2D eigenvalue weighted by atomic mass is 16.5. The Morgan fingerprint density at radius 1 is 1.19 bits per heavy atom. The monoisotopic (exact) mass is 368 g/mol. The third kappa shape index (κ3) is 5.74. The molecule has 6 nitrogen and oxygen atoms in total. The highest BCUT2D eigenvalue weighted by Gasteiger charge is 2.10. The van der Waals surface area contributed by atoms with Gasteiger partial charge >= 0.3 is 0 Å². The largest absolute Gasteiger partial charge is 0.496 e. The zero-order valence-electron chi connectivity index (χ0n) is 16.5. The van der Waals surface area contributed by atoms with Crippen LogP contribution in [0.1, 0.15) is 28.4 Å². The molecule has 2 aromatic carbocycles. The SMILES string of the molecule is CCNC(=NCc1cccc(C(=O)NC)c1)N(C)Cc1ccccc1OC. The number of aliphatic imine (C=N–C) groups is 1. The minimum atomic E-state index is -0.0963. The van der Waals surface area contributed by atoms with Crippen molar-refractivity contribution in [3.8, 4) is 5.75 Å². The van der Waals surface area contributed by atoms with Crippen LogP contribution < -0.4 is 15.4 Å². The molecule has 0 atom stereocenters. The summed E-state index contributed by atoms with van der Waals surface area (Å²) in [6.07, 6.45) is 0. The quantitative estimate of drug-likeness (QED) is 0.582. The van der Waals surface area contributed by atoms with Gasteiger partial charge in [-0.3, -0.25) is 4.79 Å². The first kappa shape index (κ1) is 20.3. The van der Waals surface area contributed by atoms with Gasteiger partial charge in [0.05, 0.1) is 13.7 Å². The van der Waals surface area contributed by atoms with Crippen LogP contribution in [0.15, 0.2) is 53.5 Å². The maximum atomic E-state index is 11.8. The van der Waals surface area contributed by atoms with Gasteiger partial charge in [-0.05, 0) is 30.7 Å². The molecule has 0 saturated carbocycles. The number of carbonyl (C=O) groups excluding carboxylic acids is 1. The number of para-hydroxylation sites is 1. The Hall–Kier alpha value is -3.02. The number of nitrogens with zero attached hydrogens (tertiary/aromatic N) is 2. The maximum absolute atomic E-state index is 11.8. The molecule has 0 bridgehead atoms. The minimum Gasteiger partial charge on any atom is -0.496 e. The number of rotatable bonds is 7. The Bertz CT molecular complexity index is 789. The summed E-state index contributed by atoms with van der Waals surface area (Å²) < 4.78 is 5.44. The Morgan fingerprint density at radius 2 is 1.96 bits per heavy atom. The summed E-state index contributed by atoms with van der Waals surface area (Å²) in [7, 11) is 5.30. The topological polar surface area (TPSA) is 66.0 Å². The van der Waals surface area contributed by atoms with Gasteiger partial charge in [-0.2, -0.15) is 0 Å². The average molecular weight is 368 g/mol. The molecule has 0 spiro atoms. The van der Waals surface area contributed by atoms with E-state index in [9.17, 15) is 4.79 Å². The maximum Gasteiger partial charge on any atom is 0.251 e. The van der Waals surface area contributed by atoms with E-state index in [0.717, 1.165) is 29.4 Å². The zero-order valence-corrected chi connectivity index (χ0v) is 16.5. The van der Waals surface area contributed by atoms with Crippen molar-refractivity contribution < 1.29 is 9.53 Å². The van der Waals surface area contributed by atoms with Gasteiger partial charge in [0.15, 0.2) is 5.96 Å². The molecule has 27 heavy (non-hydrogen) atoms. The molecule has 144 valence electrons. The summed E-state index contributed by atoms with van der Waals surface area (Å²) in [6.45, 7) is 3.98. The van der Waals surface area contributed by atoms with E-state index in [-0.39, 0.29) is 5.91 Å². The van der Waals surface area contributed by atoms with Crippen molar-refractivity contribution in [3.05, 3.63) is 65.2 Å². The predicted molar refractivity (Wildman–Crippen MR) is 109 cm³/mol. The van der Waals surface area contributed by atoms with Crippen LogP contribution in [0.5, 0.6) is 5.75 Å². The number of hydrogen-bond acceptors (Lipinski definition) is 3. The Kier molecular flexibility index (Phi) is 7.67. The second-order valence-electron chi connectivity index (χ2n) is 6.12. The van der Waals surface area contributed by atoms with Gasteiger partial charge in [-0.15, -0.1) is 0 Å². The highest BCUT2D eigenvalue weighted by molar-refractivity contribution is 5.94. The average Bonchev–Trinajstić information content (AvgIpc) is 2.71. The number of methoxy groups -OCH3 is 1. The van der Waals surface area contributed by atoms with Gasteiger partial charge in [0.25, 0.3) is 5.91 Å². The first-order valence-electron chi connectivity index (χ1n) is 9.01. The van der Waals surface area contributed by atoms with Crippen molar-refractivity contribution >= 4 is 11.9 Å². The van der Waals surface area contributed by atoms with E-state index in [0.29, 0.717) is 18.7 Å². The number of carbonyl (C=O) groups is 1. The van der Waals surface area contributed by atoms with E-state index in [4.69, 9.17) is 9.73 Å². The van der Waals surface area contributed by atoms with Crippen molar-refractivity contribution in [1.82, 2.24) is 15.5 Å². The molecule has 2 aromatic rings. The van der Waals surface area contributed by atoms with Gasteiger partial charge in [-0.1, -0.05) is 30.3 Å². The Morgan fingerprint density at radius 3 is 2.67 bits per heavy atom. The molecule has 0 aromatic heterocycles. The van der Waals surface area contributed by atoms with Gasteiger partial charge in [0.2, 0.25) is 0 Å². The molecule has 0 fully saturated rings. The fourth-order valence-corrected chi connectivity index (χ4v) is 2.76.